The molecule has 31 heavy (non-hydrogen) atoms. The monoisotopic (exact) mass is 479 g/mol. The minimum atomic E-state index is -0.355. The predicted molar refractivity (Wildman–Crippen MR) is 125 cm³/mol. The van der Waals surface area contributed by atoms with Gasteiger partial charge in [0, 0.05) is 15.5 Å². The summed E-state index contributed by atoms with van der Waals surface area (Å²) in [4.78, 5) is 26.0. The molecule has 0 saturated heterocycles. The van der Waals surface area contributed by atoms with Crippen molar-refractivity contribution >= 4 is 38.4 Å². The van der Waals surface area contributed by atoms with Crippen LogP contribution in [0.1, 0.15) is 31.0 Å². The summed E-state index contributed by atoms with van der Waals surface area (Å²) in [5.41, 5.74) is 3.26. The number of amides is 1. The van der Waals surface area contributed by atoms with Gasteiger partial charge in [0.15, 0.2) is 0 Å². The van der Waals surface area contributed by atoms with Crippen molar-refractivity contribution in [2.24, 2.45) is 0 Å². The highest BCUT2D eigenvalue weighted by molar-refractivity contribution is 9.10. The van der Waals surface area contributed by atoms with E-state index in [-0.39, 0.29) is 23.9 Å². The van der Waals surface area contributed by atoms with Crippen LogP contribution in [-0.4, -0.2) is 25.5 Å². The summed E-state index contributed by atoms with van der Waals surface area (Å²) >= 11 is 3.37. The van der Waals surface area contributed by atoms with E-state index in [2.05, 4.69) is 31.4 Å². The Hall–Kier alpha value is -3.26. The molecule has 0 bridgehead atoms. The number of halogens is 1. The van der Waals surface area contributed by atoms with Gasteiger partial charge in [0.05, 0.1) is 17.6 Å². The number of benzene rings is 2. The SMILES string of the molecule is Cc1ccccc1-n1ncc2c(C(C)C)nn(CC(=O)Nc3ccc(Br)cc3)c(=O)c21. The summed E-state index contributed by atoms with van der Waals surface area (Å²) in [5.74, 6) is -0.272. The van der Waals surface area contributed by atoms with E-state index in [0.29, 0.717) is 16.6 Å². The summed E-state index contributed by atoms with van der Waals surface area (Å²) in [6.07, 6.45) is 1.68. The van der Waals surface area contributed by atoms with Crippen LogP contribution in [0.25, 0.3) is 16.6 Å². The van der Waals surface area contributed by atoms with Crippen molar-refractivity contribution < 1.29 is 4.79 Å². The number of hydrogen-bond donors (Lipinski definition) is 1. The fourth-order valence-electron chi connectivity index (χ4n) is 3.48. The minimum absolute atomic E-state index is 0.0541. The fourth-order valence-corrected chi connectivity index (χ4v) is 3.74. The van der Waals surface area contributed by atoms with Gasteiger partial charge in [-0.05, 0) is 48.7 Å². The molecule has 8 heteroatoms. The second-order valence-corrected chi connectivity index (χ2v) is 8.58. The van der Waals surface area contributed by atoms with Crippen LogP contribution >= 0.6 is 15.9 Å². The number of carbonyl (C=O) groups is 1. The lowest BCUT2D eigenvalue weighted by atomic mass is 10.1. The van der Waals surface area contributed by atoms with Gasteiger partial charge >= 0.3 is 0 Å². The minimum Gasteiger partial charge on any atom is -0.324 e. The standard InChI is InChI=1S/C23H22BrN5O2/c1-14(2)21-18-12-25-29(19-7-5-4-6-15(19)3)22(18)23(31)28(27-21)13-20(30)26-17-10-8-16(24)9-11-17/h4-12,14H,13H2,1-3H3,(H,26,30). The molecule has 2 heterocycles. The first-order valence-electron chi connectivity index (χ1n) is 9.95. The number of aryl methyl sites for hydroxylation is 1. The second-order valence-electron chi connectivity index (χ2n) is 7.66. The highest BCUT2D eigenvalue weighted by Gasteiger charge is 2.20. The summed E-state index contributed by atoms with van der Waals surface area (Å²) in [5, 5.41) is 12.5. The van der Waals surface area contributed by atoms with E-state index in [9.17, 15) is 9.59 Å². The normalized spacial score (nSPS) is 11.3. The molecule has 7 nitrogen and oxygen atoms in total. The van der Waals surface area contributed by atoms with E-state index in [1.165, 1.54) is 4.68 Å². The highest BCUT2D eigenvalue weighted by atomic mass is 79.9. The summed E-state index contributed by atoms with van der Waals surface area (Å²) in [6.45, 7) is 5.79. The zero-order chi connectivity index (χ0) is 22.1. The van der Waals surface area contributed by atoms with Crippen molar-refractivity contribution in [3.8, 4) is 5.69 Å². The van der Waals surface area contributed by atoms with E-state index in [4.69, 9.17) is 0 Å². The molecule has 4 aromatic rings. The Kier molecular flexibility index (Phi) is 5.73. The number of fused-ring (bicyclic) bond motifs is 1. The van der Waals surface area contributed by atoms with Crippen molar-refractivity contribution in [1.82, 2.24) is 19.6 Å². The molecule has 2 aromatic heterocycles. The molecule has 0 spiro atoms. The summed E-state index contributed by atoms with van der Waals surface area (Å²) in [6, 6.07) is 15.0. The largest absolute Gasteiger partial charge is 0.324 e. The molecule has 1 N–H and O–H groups in total. The van der Waals surface area contributed by atoms with Gasteiger partial charge < -0.3 is 5.32 Å². The molecule has 2 aromatic carbocycles. The molecule has 158 valence electrons. The van der Waals surface area contributed by atoms with Gasteiger partial charge in [0.2, 0.25) is 5.91 Å². The molecular formula is C23H22BrN5O2. The average Bonchev–Trinajstić information content (AvgIpc) is 3.17. The Morgan fingerprint density at radius 2 is 1.84 bits per heavy atom. The lowest BCUT2D eigenvalue weighted by molar-refractivity contribution is -0.117. The van der Waals surface area contributed by atoms with Gasteiger partial charge in [-0.3, -0.25) is 9.59 Å². The van der Waals surface area contributed by atoms with E-state index in [1.807, 2.05) is 57.2 Å². The van der Waals surface area contributed by atoms with Gasteiger partial charge in [0.25, 0.3) is 5.56 Å². The molecule has 0 aliphatic heterocycles. The highest BCUT2D eigenvalue weighted by Crippen LogP contribution is 2.24. The number of carbonyl (C=O) groups excluding carboxylic acids is 1. The van der Waals surface area contributed by atoms with Crippen LogP contribution < -0.4 is 10.9 Å². The second kappa shape index (κ2) is 8.47. The number of nitrogens with one attached hydrogen (secondary N) is 1. The van der Waals surface area contributed by atoms with Crippen LogP contribution in [0.4, 0.5) is 5.69 Å². The number of anilines is 1. The van der Waals surface area contributed by atoms with Gasteiger partial charge in [0.1, 0.15) is 12.1 Å². The van der Waals surface area contributed by atoms with Crippen LogP contribution in [-0.2, 0) is 11.3 Å². The maximum absolute atomic E-state index is 13.4. The summed E-state index contributed by atoms with van der Waals surface area (Å²) < 4.78 is 3.78. The van der Waals surface area contributed by atoms with Crippen LogP contribution in [0.15, 0.2) is 64.0 Å². The van der Waals surface area contributed by atoms with Gasteiger partial charge in [-0.2, -0.15) is 10.2 Å². The molecule has 0 aliphatic rings. The first-order chi connectivity index (χ1) is 14.8. The Labute approximate surface area is 187 Å². The third-order valence-electron chi connectivity index (χ3n) is 5.02. The molecule has 4 rings (SSSR count). The molecule has 0 unspecified atom stereocenters. The smallest absolute Gasteiger partial charge is 0.293 e. The summed E-state index contributed by atoms with van der Waals surface area (Å²) in [7, 11) is 0. The van der Waals surface area contributed by atoms with Crippen LogP contribution in [0.2, 0.25) is 0 Å². The van der Waals surface area contributed by atoms with Crippen molar-refractivity contribution in [1.29, 1.82) is 0 Å². The van der Waals surface area contributed by atoms with Crippen LogP contribution in [0, 0.1) is 6.92 Å². The van der Waals surface area contributed by atoms with Crippen molar-refractivity contribution in [3.05, 3.63) is 80.8 Å². The quantitative estimate of drug-likeness (QED) is 0.459. The van der Waals surface area contributed by atoms with Crippen molar-refractivity contribution in [2.45, 2.75) is 33.2 Å². The predicted octanol–water partition coefficient (Wildman–Crippen LogP) is 4.42. The zero-order valence-corrected chi connectivity index (χ0v) is 19.0. The fraction of sp³-hybridized carbons (Fsp3) is 0.217. The topological polar surface area (TPSA) is 81.8 Å². The maximum Gasteiger partial charge on any atom is 0.293 e. The molecule has 0 aliphatic carbocycles. The van der Waals surface area contributed by atoms with Gasteiger partial charge in [-0.25, -0.2) is 9.36 Å². The Bertz CT molecular complexity index is 1320. The van der Waals surface area contributed by atoms with Gasteiger partial charge in [-0.1, -0.05) is 48.0 Å². The number of para-hydroxylation sites is 1. The first kappa shape index (κ1) is 21.0. The van der Waals surface area contributed by atoms with E-state index in [1.54, 1.807) is 23.0 Å². The third-order valence-corrected chi connectivity index (χ3v) is 5.55. The lowest BCUT2D eigenvalue weighted by Crippen LogP contribution is -2.31. The van der Waals surface area contributed by atoms with E-state index < -0.39 is 0 Å². The number of rotatable bonds is 5. The molecule has 0 fully saturated rings. The first-order valence-corrected chi connectivity index (χ1v) is 10.7. The van der Waals surface area contributed by atoms with E-state index in [0.717, 1.165) is 21.4 Å². The molecule has 0 radical (unpaired) electrons. The molecule has 0 atom stereocenters. The molecule has 1 amide bonds. The Balaban J connectivity index is 1.78. The van der Waals surface area contributed by atoms with Crippen molar-refractivity contribution in [3.63, 3.8) is 0 Å². The third kappa shape index (κ3) is 4.16. The van der Waals surface area contributed by atoms with Crippen LogP contribution in [0.5, 0.6) is 0 Å². The molecular weight excluding hydrogens is 458 g/mol. The maximum atomic E-state index is 13.4. The zero-order valence-electron chi connectivity index (χ0n) is 17.5. The van der Waals surface area contributed by atoms with E-state index >= 15 is 0 Å². The average molecular weight is 480 g/mol. The number of aromatic nitrogens is 4. The number of nitrogens with zero attached hydrogens (tertiary/aromatic N) is 4. The van der Waals surface area contributed by atoms with Crippen molar-refractivity contribution in [2.75, 3.05) is 5.32 Å². The molecule has 0 saturated carbocycles. The van der Waals surface area contributed by atoms with Gasteiger partial charge in [-0.15, -0.1) is 0 Å². The van der Waals surface area contributed by atoms with Crippen LogP contribution in [0.3, 0.4) is 0 Å². The Morgan fingerprint density at radius 3 is 2.52 bits per heavy atom. The Morgan fingerprint density at radius 1 is 1.13 bits per heavy atom. The number of hydrogen-bond acceptors (Lipinski definition) is 4. The lowest BCUT2D eigenvalue weighted by Gasteiger charge is -2.13.